The molecule has 0 spiro atoms. The summed E-state index contributed by atoms with van der Waals surface area (Å²) in [5.74, 6) is -5.08. The van der Waals surface area contributed by atoms with E-state index in [-0.39, 0.29) is 5.56 Å². The summed E-state index contributed by atoms with van der Waals surface area (Å²) >= 11 is 5.70. The van der Waals surface area contributed by atoms with Gasteiger partial charge in [-0.1, -0.05) is 24.6 Å². The first kappa shape index (κ1) is 14.8. The van der Waals surface area contributed by atoms with Crippen molar-refractivity contribution in [1.29, 1.82) is 0 Å². The lowest BCUT2D eigenvalue weighted by Crippen LogP contribution is -2.31. The number of aliphatic carboxylic acids is 1. The first-order valence-electron chi connectivity index (χ1n) is 5.20. The average Bonchev–Trinajstić information content (AvgIpc) is 2.19. The van der Waals surface area contributed by atoms with Crippen LogP contribution in [0.25, 0.3) is 0 Å². The minimum absolute atomic E-state index is 0.136. The maximum absolute atomic E-state index is 12.7. The summed E-state index contributed by atoms with van der Waals surface area (Å²) in [7, 11) is 0. The summed E-state index contributed by atoms with van der Waals surface area (Å²) in [5.41, 5.74) is 0.572. The van der Waals surface area contributed by atoms with E-state index in [1.807, 2.05) is 0 Å². The van der Waals surface area contributed by atoms with Gasteiger partial charge in [0, 0.05) is 5.02 Å². The second-order valence-corrected chi connectivity index (χ2v) is 4.58. The van der Waals surface area contributed by atoms with Gasteiger partial charge in [-0.05, 0) is 30.2 Å². The lowest BCUT2D eigenvalue weighted by molar-refractivity contribution is -0.183. The number of aryl methyl sites for hydroxylation is 1. The lowest BCUT2D eigenvalue weighted by Gasteiger charge is -2.24. The van der Waals surface area contributed by atoms with Crippen LogP contribution in [0.4, 0.5) is 13.2 Å². The standard InChI is InChI=1S/C12H12ClF3O2/c1-6-5-8(13)3-4-9(6)10(11(17)18)7(2)12(14,15)16/h3-5,7,10H,1-2H3,(H,17,18). The summed E-state index contributed by atoms with van der Waals surface area (Å²) in [5, 5.41) is 9.38. The molecule has 0 radical (unpaired) electrons. The molecule has 0 bridgehead atoms. The zero-order valence-electron chi connectivity index (χ0n) is 9.75. The molecule has 2 unspecified atom stereocenters. The van der Waals surface area contributed by atoms with Gasteiger partial charge < -0.3 is 5.11 Å². The van der Waals surface area contributed by atoms with Crippen molar-refractivity contribution in [2.45, 2.75) is 25.9 Å². The molecule has 0 heterocycles. The average molecular weight is 281 g/mol. The Morgan fingerprint density at radius 1 is 1.39 bits per heavy atom. The van der Waals surface area contributed by atoms with Crippen LogP contribution in [-0.2, 0) is 4.79 Å². The molecule has 0 aliphatic rings. The third-order valence-electron chi connectivity index (χ3n) is 2.85. The van der Waals surface area contributed by atoms with Gasteiger partial charge in [0.1, 0.15) is 0 Å². The molecule has 0 aliphatic carbocycles. The second kappa shape index (κ2) is 5.18. The Kier molecular flexibility index (Phi) is 4.27. The quantitative estimate of drug-likeness (QED) is 0.908. The van der Waals surface area contributed by atoms with Crippen LogP contribution in [0.1, 0.15) is 24.0 Å². The summed E-state index contributed by atoms with van der Waals surface area (Å²) in [6.45, 7) is 2.41. The molecule has 2 nitrogen and oxygen atoms in total. The molecule has 100 valence electrons. The van der Waals surface area contributed by atoms with Crippen LogP contribution in [0.5, 0.6) is 0 Å². The highest BCUT2D eigenvalue weighted by atomic mass is 35.5. The van der Waals surface area contributed by atoms with Crippen LogP contribution in [-0.4, -0.2) is 17.3 Å². The molecule has 0 aromatic heterocycles. The van der Waals surface area contributed by atoms with E-state index in [1.165, 1.54) is 18.2 Å². The SMILES string of the molecule is Cc1cc(Cl)ccc1C(C(=O)O)C(C)C(F)(F)F. The second-order valence-electron chi connectivity index (χ2n) is 4.15. The molecule has 0 fully saturated rings. The highest BCUT2D eigenvalue weighted by Crippen LogP contribution is 2.38. The van der Waals surface area contributed by atoms with Gasteiger partial charge in [-0.15, -0.1) is 0 Å². The number of carboxylic acids is 1. The topological polar surface area (TPSA) is 37.3 Å². The number of carbonyl (C=O) groups is 1. The van der Waals surface area contributed by atoms with E-state index < -0.39 is 24.0 Å². The van der Waals surface area contributed by atoms with Gasteiger partial charge in [0.2, 0.25) is 0 Å². The van der Waals surface area contributed by atoms with Crippen LogP contribution in [0.15, 0.2) is 18.2 Å². The van der Waals surface area contributed by atoms with E-state index >= 15 is 0 Å². The normalized spacial score (nSPS) is 15.2. The molecule has 1 rings (SSSR count). The van der Waals surface area contributed by atoms with Gasteiger partial charge >= 0.3 is 12.1 Å². The highest BCUT2D eigenvalue weighted by molar-refractivity contribution is 6.30. The molecule has 0 aliphatic heterocycles. The first-order chi connectivity index (χ1) is 8.14. The zero-order chi connectivity index (χ0) is 14.1. The molecule has 2 atom stereocenters. The maximum atomic E-state index is 12.7. The fourth-order valence-corrected chi connectivity index (χ4v) is 2.02. The predicted molar refractivity (Wildman–Crippen MR) is 61.8 cm³/mol. The molecule has 1 aromatic rings. The number of alkyl halides is 3. The fraction of sp³-hybridized carbons (Fsp3) is 0.417. The smallest absolute Gasteiger partial charge is 0.392 e. The lowest BCUT2D eigenvalue weighted by atomic mass is 9.84. The largest absolute Gasteiger partial charge is 0.481 e. The first-order valence-corrected chi connectivity index (χ1v) is 5.58. The van der Waals surface area contributed by atoms with E-state index in [9.17, 15) is 18.0 Å². The van der Waals surface area contributed by atoms with Crippen LogP contribution in [0.2, 0.25) is 5.02 Å². The maximum Gasteiger partial charge on any atom is 0.392 e. The van der Waals surface area contributed by atoms with Gasteiger partial charge in [-0.3, -0.25) is 4.79 Å². The van der Waals surface area contributed by atoms with Crippen molar-refractivity contribution in [2.24, 2.45) is 5.92 Å². The van der Waals surface area contributed by atoms with Crippen LogP contribution >= 0.6 is 11.6 Å². The molecule has 0 amide bonds. The summed E-state index contributed by atoms with van der Waals surface area (Å²) in [4.78, 5) is 11.1. The summed E-state index contributed by atoms with van der Waals surface area (Å²) in [6.07, 6.45) is -4.56. The van der Waals surface area contributed by atoms with Gasteiger partial charge in [-0.25, -0.2) is 0 Å². The third-order valence-corrected chi connectivity index (χ3v) is 3.08. The number of benzene rings is 1. The van der Waals surface area contributed by atoms with Crippen LogP contribution in [0.3, 0.4) is 0 Å². The van der Waals surface area contributed by atoms with E-state index in [0.29, 0.717) is 10.6 Å². The van der Waals surface area contributed by atoms with Crippen molar-refractivity contribution in [3.63, 3.8) is 0 Å². The van der Waals surface area contributed by atoms with Crippen molar-refractivity contribution in [2.75, 3.05) is 0 Å². The highest BCUT2D eigenvalue weighted by Gasteiger charge is 2.45. The Morgan fingerprint density at radius 2 is 1.94 bits per heavy atom. The van der Waals surface area contributed by atoms with Crippen molar-refractivity contribution in [1.82, 2.24) is 0 Å². The monoisotopic (exact) mass is 280 g/mol. The van der Waals surface area contributed by atoms with Crippen LogP contribution < -0.4 is 0 Å². The molecule has 1 aromatic carbocycles. The molecule has 0 saturated carbocycles. The molecular weight excluding hydrogens is 269 g/mol. The minimum Gasteiger partial charge on any atom is -0.481 e. The Morgan fingerprint density at radius 3 is 2.33 bits per heavy atom. The Bertz CT molecular complexity index is 457. The van der Waals surface area contributed by atoms with Crippen molar-refractivity contribution in [3.8, 4) is 0 Å². The van der Waals surface area contributed by atoms with Gasteiger partial charge in [0.15, 0.2) is 0 Å². The van der Waals surface area contributed by atoms with Crippen LogP contribution in [0, 0.1) is 12.8 Å². The summed E-state index contributed by atoms with van der Waals surface area (Å²) < 4.78 is 38.0. The Hall–Kier alpha value is -1.23. The number of hydrogen-bond donors (Lipinski definition) is 1. The van der Waals surface area contributed by atoms with E-state index in [0.717, 1.165) is 6.92 Å². The Balaban J connectivity index is 3.25. The predicted octanol–water partition coefficient (Wildman–Crippen LogP) is 4.02. The van der Waals surface area contributed by atoms with E-state index in [1.54, 1.807) is 6.92 Å². The van der Waals surface area contributed by atoms with Gasteiger partial charge in [-0.2, -0.15) is 13.2 Å². The van der Waals surface area contributed by atoms with Crippen molar-refractivity contribution < 1.29 is 23.1 Å². The molecule has 1 N–H and O–H groups in total. The van der Waals surface area contributed by atoms with Crippen molar-refractivity contribution >= 4 is 17.6 Å². The van der Waals surface area contributed by atoms with Gasteiger partial charge in [0.25, 0.3) is 0 Å². The molecular formula is C12H12ClF3O2. The third kappa shape index (κ3) is 3.16. The molecule has 18 heavy (non-hydrogen) atoms. The van der Waals surface area contributed by atoms with Crippen molar-refractivity contribution in [3.05, 3.63) is 34.3 Å². The summed E-state index contributed by atoms with van der Waals surface area (Å²) in [6, 6.07) is 4.18. The zero-order valence-corrected chi connectivity index (χ0v) is 10.5. The number of rotatable bonds is 3. The Labute approximate surface area is 107 Å². The van der Waals surface area contributed by atoms with E-state index in [2.05, 4.69) is 0 Å². The van der Waals surface area contributed by atoms with E-state index in [4.69, 9.17) is 16.7 Å². The minimum atomic E-state index is -4.56. The fourth-order valence-electron chi connectivity index (χ4n) is 1.79. The van der Waals surface area contributed by atoms with Gasteiger partial charge in [0.05, 0.1) is 11.8 Å². The number of hydrogen-bond acceptors (Lipinski definition) is 1. The molecule has 6 heteroatoms. The molecule has 0 saturated heterocycles. The number of halogens is 4. The number of carboxylic acid groups (broad SMARTS) is 1.